The molecule has 0 spiro atoms. The van der Waals surface area contributed by atoms with Gasteiger partial charge in [0, 0.05) is 0 Å². The highest BCUT2D eigenvalue weighted by atomic mass is 32.1. The Labute approximate surface area is 102 Å². The van der Waals surface area contributed by atoms with E-state index in [0.29, 0.717) is 13.2 Å². The number of nitrogens with zero attached hydrogens (tertiary/aromatic N) is 3. The molecule has 6 heteroatoms. The zero-order valence-electron chi connectivity index (χ0n) is 9.38. The number of thiazole rings is 1. The van der Waals surface area contributed by atoms with E-state index >= 15 is 0 Å². The highest BCUT2D eigenvalue weighted by Gasteiger charge is 2.11. The fraction of sp³-hybridized carbons (Fsp3) is 0.273. The number of ether oxygens (including phenoxy) is 1. The standard InChI is InChI=1S/C11H12N4OS/c1-2-16-7-3-4-8-9(5-7)17-11-14-13-10(6-12)15(8)11/h3-5H,2,6,12H2,1H3. The fourth-order valence-corrected chi connectivity index (χ4v) is 2.87. The molecule has 0 unspecified atom stereocenters. The Morgan fingerprint density at radius 1 is 1.41 bits per heavy atom. The van der Waals surface area contributed by atoms with Gasteiger partial charge in [-0.05, 0) is 25.1 Å². The third kappa shape index (κ3) is 1.57. The lowest BCUT2D eigenvalue weighted by Gasteiger charge is -2.02. The van der Waals surface area contributed by atoms with E-state index in [2.05, 4.69) is 10.2 Å². The molecule has 0 atom stereocenters. The maximum absolute atomic E-state index is 5.64. The second kappa shape index (κ2) is 3.97. The third-order valence-corrected chi connectivity index (χ3v) is 3.56. The van der Waals surface area contributed by atoms with Gasteiger partial charge in [-0.15, -0.1) is 10.2 Å². The van der Waals surface area contributed by atoms with Gasteiger partial charge in [-0.3, -0.25) is 4.40 Å². The second-order valence-corrected chi connectivity index (χ2v) is 4.61. The van der Waals surface area contributed by atoms with Crippen LogP contribution in [-0.4, -0.2) is 21.2 Å². The molecule has 0 saturated heterocycles. The van der Waals surface area contributed by atoms with Crippen molar-refractivity contribution >= 4 is 26.5 Å². The van der Waals surface area contributed by atoms with E-state index in [-0.39, 0.29) is 0 Å². The summed E-state index contributed by atoms with van der Waals surface area (Å²) in [5.74, 6) is 1.67. The molecule has 88 valence electrons. The van der Waals surface area contributed by atoms with Gasteiger partial charge in [0.2, 0.25) is 4.96 Å². The summed E-state index contributed by atoms with van der Waals surface area (Å²) < 4.78 is 8.61. The van der Waals surface area contributed by atoms with Crippen LogP contribution in [0, 0.1) is 0 Å². The lowest BCUT2D eigenvalue weighted by molar-refractivity contribution is 0.341. The van der Waals surface area contributed by atoms with E-state index in [9.17, 15) is 0 Å². The van der Waals surface area contributed by atoms with E-state index in [1.54, 1.807) is 11.3 Å². The molecule has 2 heterocycles. The summed E-state index contributed by atoms with van der Waals surface area (Å²) in [7, 11) is 0. The molecule has 0 bridgehead atoms. The summed E-state index contributed by atoms with van der Waals surface area (Å²) in [5, 5.41) is 8.16. The summed E-state index contributed by atoms with van der Waals surface area (Å²) in [6.07, 6.45) is 0. The van der Waals surface area contributed by atoms with Gasteiger partial charge in [0.1, 0.15) is 5.75 Å². The van der Waals surface area contributed by atoms with Gasteiger partial charge in [-0.25, -0.2) is 0 Å². The number of hydrogen-bond acceptors (Lipinski definition) is 5. The van der Waals surface area contributed by atoms with Crippen LogP contribution in [0.3, 0.4) is 0 Å². The van der Waals surface area contributed by atoms with Crippen molar-refractivity contribution in [3.63, 3.8) is 0 Å². The van der Waals surface area contributed by atoms with Crippen LogP contribution in [0.5, 0.6) is 5.75 Å². The molecule has 2 N–H and O–H groups in total. The van der Waals surface area contributed by atoms with Crippen LogP contribution in [0.25, 0.3) is 15.2 Å². The molecule has 3 rings (SSSR count). The summed E-state index contributed by atoms with van der Waals surface area (Å²) in [4.78, 5) is 0.870. The van der Waals surface area contributed by atoms with Gasteiger partial charge in [0.25, 0.3) is 0 Å². The number of hydrogen-bond donors (Lipinski definition) is 1. The second-order valence-electron chi connectivity index (χ2n) is 3.60. The largest absolute Gasteiger partial charge is 0.494 e. The van der Waals surface area contributed by atoms with E-state index in [0.717, 1.165) is 26.8 Å². The Hall–Kier alpha value is -1.66. The Bertz CT molecular complexity index is 673. The molecule has 0 aliphatic heterocycles. The fourth-order valence-electron chi connectivity index (χ4n) is 1.86. The Balaban J connectivity index is 2.26. The first-order chi connectivity index (χ1) is 8.33. The van der Waals surface area contributed by atoms with Gasteiger partial charge in [0.05, 0.1) is 23.4 Å². The zero-order valence-corrected chi connectivity index (χ0v) is 10.2. The first-order valence-corrected chi connectivity index (χ1v) is 6.24. The highest BCUT2D eigenvalue weighted by molar-refractivity contribution is 7.23. The molecule has 0 amide bonds. The van der Waals surface area contributed by atoms with Crippen molar-refractivity contribution in [3.05, 3.63) is 24.0 Å². The smallest absolute Gasteiger partial charge is 0.217 e. The minimum atomic E-state index is 0.389. The number of aromatic nitrogens is 3. The predicted molar refractivity (Wildman–Crippen MR) is 67.4 cm³/mol. The normalized spacial score (nSPS) is 11.4. The average Bonchev–Trinajstić information content (AvgIpc) is 2.87. The minimum Gasteiger partial charge on any atom is -0.494 e. The van der Waals surface area contributed by atoms with Crippen LogP contribution < -0.4 is 10.5 Å². The lowest BCUT2D eigenvalue weighted by atomic mass is 10.3. The van der Waals surface area contributed by atoms with Gasteiger partial charge in [0.15, 0.2) is 5.82 Å². The number of nitrogens with two attached hydrogens (primary N) is 1. The van der Waals surface area contributed by atoms with E-state index in [1.165, 1.54) is 0 Å². The van der Waals surface area contributed by atoms with E-state index in [4.69, 9.17) is 10.5 Å². The highest BCUT2D eigenvalue weighted by Crippen LogP contribution is 2.29. The summed E-state index contributed by atoms with van der Waals surface area (Å²) in [6.45, 7) is 3.03. The third-order valence-electron chi connectivity index (χ3n) is 2.57. The molecule has 0 fully saturated rings. The number of fused-ring (bicyclic) bond motifs is 3. The van der Waals surface area contributed by atoms with Crippen LogP contribution in [-0.2, 0) is 6.54 Å². The Kier molecular flexibility index (Phi) is 2.45. The molecule has 2 aromatic heterocycles. The van der Waals surface area contributed by atoms with Crippen LogP contribution in [0.15, 0.2) is 18.2 Å². The van der Waals surface area contributed by atoms with Gasteiger partial charge in [-0.2, -0.15) is 0 Å². The molecule has 17 heavy (non-hydrogen) atoms. The molecule has 3 aromatic rings. The zero-order chi connectivity index (χ0) is 11.8. The van der Waals surface area contributed by atoms with Crippen LogP contribution in [0.2, 0.25) is 0 Å². The SMILES string of the molecule is CCOc1ccc2c(c1)sc1nnc(CN)n12. The van der Waals surface area contributed by atoms with Crippen molar-refractivity contribution in [1.29, 1.82) is 0 Å². The predicted octanol–water partition coefficient (Wildman–Crippen LogP) is 1.80. The minimum absolute atomic E-state index is 0.389. The van der Waals surface area contributed by atoms with Crippen LogP contribution in [0.4, 0.5) is 0 Å². The van der Waals surface area contributed by atoms with E-state index < -0.39 is 0 Å². The van der Waals surface area contributed by atoms with E-state index in [1.807, 2.05) is 29.5 Å². The van der Waals surface area contributed by atoms with Crippen molar-refractivity contribution in [1.82, 2.24) is 14.6 Å². The lowest BCUT2D eigenvalue weighted by Crippen LogP contribution is -2.01. The van der Waals surface area contributed by atoms with Gasteiger partial charge in [-0.1, -0.05) is 11.3 Å². The van der Waals surface area contributed by atoms with Crippen molar-refractivity contribution in [2.75, 3.05) is 6.61 Å². The molecule has 0 saturated carbocycles. The van der Waals surface area contributed by atoms with Crippen molar-refractivity contribution < 1.29 is 4.74 Å². The maximum atomic E-state index is 5.64. The Morgan fingerprint density at radius 2 is 2.29 bits per heavy atom. The van der Waals surface area contributed by atoms with Crippen molar-refractivity contribution in [2.24, 2.45) is 5.73 Å². The first kappa shape index (κ1) is 10.5. The number of benzene rings is 1. The molecule has 0 aliphatic rings. The summed E-state index contributed by atoms with van der Waals surface area (Å²) in [6, 6.07) is 6.00. The van der Waals surface area contributed by atoms with Gasteiger partial charge < -0.3 is 10.5 Å². The average molecular weight is 248 g/mol. The molecule has 0 radical (unpaired) electrons. The molecular formula is C11H12N4OS. The molecule has 1 aromatic carbocycles. The van der Waals surface area contributed by atoms with Crippen LogP contribution >= 0.6 is 11.3 Å². The van der Waals surface area contributed by atoms with Crippen molar-refractivity contribution in [3.8, 4) is 5.75 Å². The molecule has 5 nitrogen and oxygen atoms in total. The molecular weight excluding hydrogens is 236 g/mol. The quantitative estimate of drug-likeness (QED) is 0.767. The first-order valence-electron chi connectivity index (χ1n) is 5.43. The summed E-state index contributed by atoms with van der Waals surface area (Å²) in [5.41, 5.74) is 6.73. The van der Waals surface area contributed by atoms with Gasteiger partial charge >= 0.3 is 0 Å². The molecule has 0 aliphatic carbocycles. The van der Waals surface area contributed by atoms with Crippen molar-refractivity contribution in [2.45, 2.75) is 13.5 Å². The Morgan fingerprint density at radius 3 is 3.06 bits per heavy atom. The summed E-state index contributed by atoms with van der Waals surface area (Å²) >= 11 is 1.59. The maximum Gasteiger partial charge on any atom is 0.217 e. The monoisotopic (exact) mass is 248 g/mol. The van der Waals surface area contributed by atoms with Crippen LogP contribution in [0.1, 0.15) is 12.7 Å². The topological polar surface area (TPSA) is 65.4 Å². The number of rotatable bonds is 3.